The van der Waals surface area contributed by atoms with Crippen LogP contribution in [0.2, 0.25) is 0 Å². The van der Waals surface area contributed by atoms with Crippen molar-refractivity contribution >= 4 is 6.21 Å². The van der Waals surface area contributed by atoms with Crippen LogP contribution < -0.4 is 0 Å². The molecule has 2 aliphatic rings. The normalized spacial score (nSPS) is 30.9. The highest BCUT2D eigenvalue weighted by molar-refractivity contribution is 5.67. The van der Waals surface area contributed by atoms with Gasteiger partial charge in [-0.1, -0.05) is 43.8 Å². The summed E-state index contributed by atoms with van der Waals surface area (Å²) in [6.45, 7) is 5.57. The maximum absolute atomic E-state index is 4.49. The van der Waals surface area contributed by atoms with Crippen molar-refractivity contribution in [2.75, 3.05) is 6.54 Å². The van der Waals surface area contributed by atoms with Crippen LogP contribution in [0.25, 0.3) is 0 Å². The minimum atomic E-state index is 0.691. The summed E-state index contributed by atoms with van der Waals surface area (Å²) < 4.78 is 0. The Hall–Kier alpha value is -0.590. The van der Waals surface area contributed by atoms with Crippen molar-refractivity contribution in [1.82, 2.24) is 0 Å². The lowest BCUT2D eigenvalue weighted by molar-refractivity contribution is 0.369. The van der Waals surface area contributed by atoms with Crippen LogP contribution >= 0.6 is 0 Å². The SMILES string of the molecule is CCCC1CCCC2C=NCC(C)=C2CC1. The zero-order valence-corrected chi connectivity index (χ0v) is 10.8. The Bertz CT molecular complexity index is 288. The second-order valence-electron chi connectivity index (χ2n) is 5.53. The van der Waals surface area contributed by atoms with Crippen molar-refractivity contribution in [1.29, 1.82) is 0 Å². The molecule has 0 radical (unpaired) electrons. The van der Waals surface area contributed by atoms with E-state index in [-0.39, 0.29) is 0 Å². The number of aliphatic imine (C=N–C) groups is 1. The first-order valence-electron chi connectivity index (χ1n) is 6.99. The van der Waals surface area contributed by atoms with Crippen LogP contribution in [0.4, 0.5) is 0 Å². The molecule has 2 atom stereocenters. The molecule has 0 saturated heterocycles. The van der Waals surface area contributed by atoms with Crippen LogP contribution in [0.3, 0.4) is 0 Å². The van der Waals surface area contributed by atoms with Gasteiger partial charge >= 0.3 is 0 Å². The minimum Gasteiger partial charge on any atom is -0.292 e. The van der Waals surface area contributed by atoms with Gasteiger partial charge in [-0.3, -0.25) is 4.99 Å². The van der Waals surface area contributed by atoms with Crippen molar-refractivity contribution in [3.8, 4) is 0 Å². The predicted molar refractivity (Wildman–Crippen MR) is 71.0 cm³/mol. The van der Waals surface area contributed by atoms with E-state index in [1.165, 1.54) is 44.9 Å². The number of rotatable bonds is 2. The van der Waals surface area contributed by atoms with Gasteiger partial charge in [0.05, 0.1) is 6.54 Å². The zero-order chi connectivity index (χ0) is 11.4. The van der Waals surface area contributed by atoms with E-state index in [9.17, 15) is 0 Å². The Morgan fingerprint density at radius 1 is 1.31 bits per heavy atom. The standard InChI is InChI=1S/C15H25N/c1-3-5-13-6-4-7-14-11-16-10-12(2)15(14)9-8-13/h11,13-14H,3-10H2,1-2H3. The average Bonchev–Trinajstić information content (AvgIpc) is 2.24. The molecule has 1 saturated carbocycles. The first-order valence-corrected chi connectivity index (χ1v) is 6.99. The van der Waals surface area contributed by atoms with E-state index in [0.29, 0.717) is 5.92 Å². The van der Waals surface area contributed by atoms with Crippen molar-refractivity contribution in [2.45, 2.75) is 58.8 Å². The van der Waals surface area contributed by atoms with Gasteiger partial charge in [0.1, 0.15) is 0 Å². The molecule has 1 fully saturated rings. The van der Waals surface area contributed by atoms with Crippen LogP contribution in [0.1, 0.15) is 58.8 Å². The Balaban J connectivity index is 2.02. The van der Waals surface area contributed by atoms with Crippen LogP contribution in [0, 0.1) is 11.8 Å². The fourth-order valence-electron chi connectivity index (χ4n) is 3.30. The summed E-state index contributed by atoms with van der Waals surface area (Å²) in [6, 6.07) is 0. The molecule has 2 unspecified atom stereocenters. The van der Waals surface area contributed by atoms with Crippen molar-refractivity contribution in [2.24, 2.45) is 16.8 Å². The monoisotopic (exact) mass is 219 g/mol. The first-order chi connectivity index (χ1) is 7.81. The largest absolute Gasteiger partial charge is 0.292 e. The molecule has 2 rings (SSSR count). The molecule has 1 heterocycles. The molecule has 0 aromatic carbocycles. The number of hydrogen-bond acceptors (Lipinski definition) is 1. The third-order valence-corrected chi connectivity index (χ3v) is 4.26. The molecular formula is C15H25N. The molecule has 1 aliphatic heterocycles. The molecule has 90 valence electrons. The van der Waals surface area contributed by atoms with Gasteiger partial charge in [-0.2, -0.15) is 0 Å². The van der Waals surface area contributed by atoms with E-state index in [1.807, 2.05) is 0 Å². The van der Waals surface area contributed by atoms with Gasteiger partial charge in [-0.25, -0.2) is 0 Å². The summed E-state index contributed by atoms with van der Waals surface area (Å²) in [5, 5.41) is 0. The topological polar surface area (TPSA) is 12.4 Å². The Morgan fingerprint density at radius 3 is 3.00 bits per heavy atom. The maximum Gasteiger partial charge on any atom is 0.0596 e. The molecule has 1 heteroatoms. The lowest BCUT2D eigenvalue weighted by atomic mass is 9.79. The molecule has 0 spiro atoms. The number of fused-ring (bicyclic) bond motifs is 1. The van der Waals surface area contributed by atoms with Gasteiger partial charge in [-0.05, 0) is 32.1 Å². The lowest BCUT2D eigenvalue weighted by Crippen LogP contribution is -2.18. The fraction of sp³-hybridized carbons (Fsp3) is 0.800. The van der Waals surface area contributed by atoms with Gasteiger partial charge in [0, 0.05) is 12.1 Å². The molecule has 1 nitrogen and oxygen atoms in total. The van der Waals surface area contributed by atoms with Gasteiger partial charge < -0.3 is 0 Å². The Labute approximate surface area is 100 Å². The van der Waals surface area contributed by atoms with Crippen LogP contribution in [-0.4, -0.2) is 12.8 Å². The molecule has 0 aromatic rings. The van der Waals surface area contributed by atoms with Crippen molar-refractivity contribution in [3.63, 3.8) is 0 Å². The molecule has 0 bridgehead atoms. The van der Waals surface area contributed by atoms with Crippen LogP contribution in [0.5, 0.6) is 0 Å². The first kappa shape index (κ1) is 11.9. The highest BCUT2D eigenvalue weighted by Gasteiger charge is 2.22. The van der Waals surface area contributed by atoms with Gasteiger partial charge in [0.25, 0.3) is 0 Å². The number of dihydropyridines is 1. The third kappa shape index (κ3) is 2.75. The average molecular weight is 219 g/mol. The van der Waals surface area contributed by atoms with E-state index < -0.39 is 0 Å². The van der Waals surface area contributed by atoms with E-state index in [2.05, 4.69) is 25.1 Å². The van der Waals surface area contributed by atoms with Gasteiger partial charge in [0.2, 0.25) is 0 Å². The Kier molecular flexibility index (Phi) is 4.20. The third-order valence-electron chi connectivity index (χ3n) is 4.26. The summed E-state index contributed by atoms with van der Waals surface area (Å²) in [4.78, 5) is 4.49. The number of nitrogens with zero attached hydrogens (tertiary/aromatic N) is 1. The zero-order valence-electron chi connectivity index (χ0n) is 10.8. The summed E-state index contributed by atoms with van der Waals surface area (Å²) >= 11 is 0. The van der Waals surface area contributed by atoms with Crippen LogP contribution in [-0.2, 0) is 0 Å². The summed E-state index contributed by atoms with van der Waals surface area (Å²) in [5.41, 5.74) is 3.29. The second kappa shape index (κ2) is 5.65. The molecule has 16 heavy (non-hydrogen) atoms. The van der Waals surface area contributed by atoms with E-state index in [0.717, 1.165) is 12.5 Å². The van der Waals surface area contributed by atoms with Crippen LogP contribution in [0.15, 0.2) is 16.1 Å². The Morgan fingerprint density at radius 2 is 2.19 bits per heavy atom. The van der Waals surface area contributed by atoms with Gasteiger partial charge in [-0.15, -0.1) is 0 Å². The summed E-state index contributed by atoms with van der Waals surface area (Å²) in [7, 11) is 0. The quantitative estimate of drug-likeness (QED) is 0.611. The summed E-state index contributed by atoms with van der Waals surface area (Å²) in [6.07, 6.45) is 12.0. The summed E-state index contributed by atoms with van der Waals surface area (Å²) in [5.74, 6) is 1.68. The van der Waals surface area contributed by atoms with E-state index in [1.54, 1.807) is 11.1 Å². The second-order valence-corrected chi connectivity index (χ2v) is 5.53. The molecule has 0 amide bonds. The van der Waals surface area contributed by atoms with Gasteiger partial charge in [0.15, 0.2) is 0 Å². The lowest BCUT2D eigenvalue weighted by Gasteiger charge is -2.28. The maximum atomic E-state index is 4.49. The molecule has 0 N–H and O–H groups in total. The highest BCUT2D eigenvalue weighted by Crippen LogP contribution is 2.34. The predicted octanol–water partition coefficient (Wildman–Crippen LogP) is 4.38. The number of hydrogen-bond donors (Lipinski definition) is 0. The molecular weight excluding hydrogens is 194 g/mol. The van der Waals surface area contributed by atoms with Crippen molar-refractivity contribution in [3.05, 3.63) is 11.1 Å². The highest BCUT2D eigenvalue weighted by atomic mass is 14.7. The van der Waals surface area contributed by atoms with E-state index in [4.69, 9.17) is 0 Å². The van der Waals surface area contributed by atoms with Crippen molar-refractivity contribution < 1.29 is 0 Å². The molecule has 1 aliphatic carbocycles. The molecule has 0 aromatic heterocycles. The minimum absolute atomic E-state index is 0.691. The number of allylic oxidation sites excluding steroid dienone is 1. The smallest absolute Gasteiger partial charge is 0.0596 e. The van der Waals surface area contributed by atoms with E-state index >= 15 is 0 Å². The fourth-order valence-corrected chi connectivity index (χ4v) is 3.30.